The van der Waals surface area contributed by atoms with Crippen molar-refractivity contribution in [2.45, 2.75) is 0 Å². The highest BCUT2D eigenvalue weighted by molar-refractivity contribution is 6.26. The van der Waals surface area contributed by atoms with E-state index in [0.717, 1.165) is 71.6 Å². The first-order chi connectivity index (χ1) is 27.8. The summed E-state index contributed by atoms with van der Waals surface area (Å²) in [5.41, 5.74) is 12.0. The Kier molecular flexibility index (Phi) is 7.42. The van der Waals surface area contributed by atoms with E-state index in [1.807, 2.05) is 36.4 Å². The highest BCUT2D eigenvalue weighted by atomic mass is 15.2. The molecule has 5 heteroatoms. The molecule has 262 valence electrons. The fourth-order valence-electron chi connectivity index (χ4n) is 8.28. The van der Waals surface area contributed by atoms with E-state index in [1.54, 1.807) is 0 Å². The van der Waals surface area contributed by atoms with Crippen molar-refractivity contribution in [1.82, 2.24) is 24.1 Å². The van der Waals surface area contributed by atoms with Crippen LogP contribution in [0.5, 0.6) is 0 Å². The summed E-state index contributed by atoms with van der Waals surface area (Å²) in [5, 5.41) is 4.58. The minimum Gasteiger partial charge on any atom is -0.309 e. The molecule has 3 aromatic heterocycles. The van der Waals surface area contributed by atoms with Crippen LogP contribution in [0.2, 0.25) is 0 Å². The molecule has 3 heterocycles. The van der Waals surface area contributed by atoms with Crippen molar-refractivity contribution in [3.63, 3.8) is 0 Å². The van der Waals surface area contributed by atoms with Crippen molar-refractivity contribution in [3.8, 4) is 56.7 Å². The summed E-state index contributed by atoms with van der Waals surface area (Å²) < 4.78 is 4.68. The van der Waals surface area contributed by atoms with E-state index in [9.17, 15) is 0 Å². The van der Waals surface area contributed by atoms with E-state index < -0.39 is 0 Å². The third-order valence-electron chi connectivity index (χ3n) is 10.8. The van der Waals surface area contributed by atoms with Gasteiger partial charge >= 0.3 is 0 Å². The Morgan fingerprint density at radius 3 is 1.55 bits per heavy atom. The van der Waals surface area contributed by atoms with Crippen molar-refractivity contribution in [1.29, 1.82) is 0 Å². The maximum atomic E-state index is 5.24. The van der Waals surface area contributed by atoms with E-state index in [2.05, 4.69) is 173 Å². The Labute approximate surface area is 323 Å². The second-order valence-corrected chi connectivity index (χ2v) is 14.0. The van der Waals surface area contributed by atoms with Crippen LogP contribution < -0.4 is 0 Å². The molecule has 11 aromatic rings. The molecule has 0 unspecified atom stereocenters. The molecule has 0 saturated carbocycles. The van der Waals surface area contributed by atoms with Crippen LogP contribution in [0.4, 0.5) is 0 Å². The van der Waals surface area contributed by atoms with Gasteiger partial charge in [-0.25, -0.2) is 4.98 Å². The maximum absolute atomic E-state index is 5.24. The molecule has 0 aliphatic rings. The molecule has 0 bridgehead atoms. The van der Waals surface area contributed by atoms with Crippen molar-refractivity contribution in [2.24, 2.45) is 0 Å². The minimum absolute atomic E-state index is 0.575. The molecule has 0 saturated heterocycles. The molecule has 0 aliphatic heterocycles. The van der Waals surface area contributed by atoms with E-state index in [4.69, 9.17) is 15.0 Å². The predicted molar refractivity (Wildman–Crippen MR) is 230 cm³/mol. The van der Waals surface area contributed by atoms with E-state index in [1.165, 1.54) is 11.1 Å². The van der Waals surface area contributed by atoms with Gasteiger partial charge in [-0.3, -0.25) is 4.57 Å². The molecular weight excluding hydrogens is 683 g/mol. The molecule has 11 rings (SSSR count). The van der Waals surface area contributed by atoms with Crippen molar-refractivity contribution in [2.75, 3.05) is 0 Å². The molecule has 0 N–H and O–H groups in total. The fourth-order valence-corrected chi connectivity index (χ4v) is 8.28. The van der Waals surface area contributed by atoms with Gasteiger partial charge < -0.3 is 4.57 Å². The Morgan fingerprint density at radius 1 is 0.321 bits per heavy atom. The van der Waals surface area contributed by atoms with Crippen LogP contribution in [0.15, 0.2) is 200 Å². The van der Waals surface area contributed by atoms with Gasteiger partial charge in [0.15, 0.2) is 11.6 Å². The molecule has 56 heavy (non-hydrogen) atoms. The normalized spacial score (nSPS) is 11.6. The number of hydrogen-bond acceptors (Lipinski definition) is 3. The van der Waals surface area contributed by atoms with Gasteiger partial charge in [0, 0.05) is 38.2 Å². The minimum atomic E-state index is 0.575. The summed E-state index contributed by atoms with van der Waals surface area (Å²) in [4.78, 5) is 15.5. The third kappa shape index (κ3) is 5.13. The van der Waals surface area contributed by atoms with Gasteiger partial charge in [0.05, 0.1) is 27.8 Å². The molecule has 0 fully saturated rings. The maximum Gasteiger partial charge on any atom is 0.238 e. The lowest BCUT2D eigenvalue weighted by Gasteiger charge is -2.15. The molecule has 0 spiro atoms. The van der Waals surface area contributed by atoms with Gasteiger partial charge in [-0.15, -0.1) is 0 Å². The number of rotatable bonds is 6. The lowest BCUT2D eigenvalue weighted by atomic mass is 9.98. The lowest BCUT2D eigenvalue weighted by Crippen LogP contribution is -2.06. The van der Waals surface area contributed by atoms with Crippen LogP contribution in [0.25, 0.3) is 100 Å². The number of benzene rings is 8. The van der Waals surface area contributed by atoms with Gasteiger partial charge in [0.1, 0.15) is 0 Å². The molecule has 0 amide bonds. The number of aromatic nitrogens is 5. The number of nitrogens with zero attached hydrogens (tertiary/aromatic N) is 5. The van der Waals surface area contributed by atoms with Crippen LogP contribution in [-0.4, -0.2) is 24.1 Å². The summed E-state index contributed by atoms with van der Waals surface area (Å²) in [5.74, 6) is 1.83. The molecule has 0 aliphatic carbocycles. The Morgan fingerprint density at radius 2 is 0.857 bits per heavy atom. The summed E-state index contributed by atoms with van der Waals surface area (Å²) in [6.07, 6.45) is 0. The zero-order valence-electron chi connectivity index (χ0n) is 30.3. The summed E-state index contributed by atoms with van der Waals surface area (Å²) in [6.45, 7) is 0. The SMILES string of the molecule is c1ccc(-c2cccc(-c3ccccc3-n3c4ccccc4c4c3ccc3c5ccccc5n(-c5nc(-c6ccccc6)nc(-c6ccccc6)n5)c34)c2)cc1. The fraction of sp³-hybridized carbons (Fsp3) is 0. The van der Waals surface area contributed by atoms with Crippen LogP contribution in [-0.2, 0) is 0 Å². The van der Waals surface area contributed by atoms with Gasteiger partial charge in [-0.05, 0) is 47.0 Å². The topological polar surface area (TPSA) is 48.5 Å². The Hall–Kier alpha value is -7.63. The molecular formula is C51H33N5. The Balaban J connectivity index is 1.22. The zero-order chi connectivity index (χ0) is 37.0. The van der Waals surface area contributed by atoms with E-state index >= 15 is 0 Å². The highest BCUT2D eigenvalue weighted by Crippen LogP contribution is 2.43. The second kappa shape index (κ2) is 13.0. The van der Waals surface area contributed by atoms with Gasteiger partial charge in [0.25, 0.3) is 0 Å². The number of hydrogen-bond donors (Lipinski definition) is 0. The average molecular weight is 716 g/mol. The third-order valence-corrected chi connectivity index (χ3v) is 10.8. The second-order valence-electron chi connectivity index (χ2n) is 14.0. The van der Waals surface area contributed by atoms with Crippen molar-refractivity contribution in [3.05, 3.63) is 200 Å². The standard InChI is InChI=1S/C51H33N5/c1-4-17-34(18-5-1)37-23-16-24-38(33-37)39-25-10-13-28-43(39)55-45-30-15-12-27-42(45)47-46(55)32-31-41-40-26-11-14-29-44(40)56(48(41)47)51-53-49(35-19-6-2-7-20-35)52-50(54-51)36-21-8-3-9-22-36/h1-33H. The molecule has 5 nitrogen and oxygen atoms in total. The zero-order valence-corrected chi connectivity index (χ0v) is 30.3. The molecule has 0 radical (unpaired) electrons. The first-order valence-corrected chi connectivity index (χ1v) is 18.9. The highest BCUT2D eigenvalue weighted by Gasteiger charge is 2.24. The number of para-hydroxylation sites is 3. The quantitative estimate of drug-likeness (QED) is 0.172. The summed E-state index contributed by atoms with van der Waals surface area (Å²) >= 11 is 0. The van der Waals surface area contributed by atoms with E-state index in [-0.39, 0.29) is 0 Å². The molecule has 0 atom stereocenters. The average Bonchev–Trinajstić information content (AvgIpc) is 3.80. The van der Waals surface area contributed by atoms with Crippen LogP contribution >= 0.6 is 0 Å². The van der Waals surface area contributed by atoms with Crippen LogP contribution in [0, 0.1) is 0 Å². The molecule has 8 aromatic carbocycles. The van der Waals surface area contributed by atoms with Gasteiger partial charge in [0.2, 0.25) is 5.95 Å². The Bertz CT molecular complexity index is 3180. The van der Waals surface area contributed by atoms with Crippen molar-refractivity contribution >= 4 is 43.6 Å². The summed E-state index contributed by atoms with van der Waals surface area (Å²) in [7, 11) is 0. The first-order valence-electron chi connectivity index (χ1n) is 18.9. The van der Waals surface area contributed by atoms with Gasteiger partial charge in [-0.1, -0.05) is 170 Å². The smallest absolute Gasteiger partial charge is 0.238 e. The van der Waals surface area contributed by atoms with Gasteiger partial charge in [-0.2, -0.15) is 9.97 Å². The van der Waals surface area contributed by atoms with E-state index in [0.29, 0.717) is 17.6 Å². The lowest BCUT2D eigenvalue weighted by molar-refractivity contribution is 0.955. The summed E-state index contributed by atoms with van der Waals surface area (Å²) in [6, 6.07) is 70.4. The number of fused-ring (bicyclic) bond motifs is 7. The largest absolute Gasteiger partial charge is 0.309 e. The monoisotopic (exact) mass is 715 g/mol. The van der Waals surface area contributed by atoms with Crippen molar-refractivity contribution < 1.29 is 0 Å². The van der Waals surface area contributed by atoms with Crippen LogP contribution in [0.3, 0.4) is 0 Å². The van der Waals surface area contributed by atoms with Crippen LogP contribution in [0.1, 0.15) is 0 Å². The first kappa shape index (κ1) is 31.9. The predicted octanol–water partition coefficient (Wildman–Crippen LogP) is 12.7.